The molecule has 0 radical (unpaired) electrons. The highest BCUT2D eigenvalue weighted by molar-refractivity contribution is 8.00. The summed E-state index contributed by atoms with van der Waals surface area (Å²) in [5, 5.41) is 18.0. The molecule has 1 heterocycles. The highest BCUT2D eigenvalue weighted by Crippen LogP contribution is 2.44. The van der Waals surface area contributed by atoms with Crippen LogP contribution in [0.1, 0.15) is 29.5 Å². The Bertz CT molecular complexity index is 2340. The molecule has 0 bridgehead atoms. The van der Waals surface area contributed by atoms with Crippen molar-refractivity contribution in [3.63, 3.8) is 0 Å². The number of hydrogen-bond donors (Lipinski definition) is 4. The van der Waals surface area contributed by atoms with E-state index in [-0.39, 0.29) is 59.7 Å². The van der Waals surface area contributed by atoms with Crippen LogP contribution in [-0.4, -0.2) is 71.6 Å². The van der Waals surface area contributed by atoms with Crippen LogP contribution in [0.25, 0.3) is 21.9 Å². The molecule has 4 aromatic carbocycles. The lowest BCUT2D eigenvalue weighted by Gasteiger charge is -2.14. The number of ketones is 1. The van der Waals surface area contributed by atoms with Gasteiger partial charge in [0.2, 0.25) is 11.8 Å². The number of benzene rings is 4. The second-order valence-electron chi connectivity index (χ2n) is 11.7. The number of carbonyl (C=O) groups excluding carboxylic acids is 3. The molecule has 17 heteroatoms. The molecule has 1 saturated heterocycles. The second-order valence-corrected chi connectivity index (χ2v) is 15.5. The third-order valence-electron chi connectivity index (χ3n) is 8.40. The highest BCUT2D eigenvalue weighted by atomic mass is 32.2. The first-order valence-electron chi connectivity index (χ1n) is 14.9. The van der Waals surface area contributed by atoms with Crippen molar-refractivity contribution < 1.29 is 45.4 Å². The van der Waals surface area contributed by atoms with Crippen LogP contribution in [0, 0.1) is 13.8 Å². The van der Waals surface area contributed by atoms with Gasteiger partial charge in [0.05, 0.1) is 22.0 Å². The minimum absolute atomic E-state index is 0.0755. The fourth-order valence-electron chi connectivity index (χ4n) is 5.70. The van der Waals surface area contributed by atoms with Gasteiger partial charge < -0.3 is 10.8 Å². The molecule has 14 nitrogen and oxygen atoms in total. The Hall–Kier alpha value is -4.68. The van der Waals surface area contributed by atoms with Gasteiger partial charge in [-0.2, -0.15) is 33.7 Å². The van der Waals surface area contributed by atoms with Gasteiger partial charge in [0.25, 0.3) is 20.2 Å². The molecule has 0 aromatic heterocycles. The number of amides is 2. The predicted octanol–water partition coefficient (Wildman–Crippen LogP) is 5.31. The largest absolute Gasteiger partial charge is 0.505 e. The standard InChI is InChI=1S/C33H32N4O10S3/c1-17-12-20(5-4-19(17)14-22(38)10-11-37-29(39)15-26(48-3)33(37)41)21-6-8-24(18(2)13-21)35-36-25-9-7-23-27(49(42,43)44)16-28(50(45,46)47)31(34)30(23)32(25)40/h4-9,12-13,16,26,40H,10-11,14-15,34H2,1-3H3,(H,42,43,44)(H,45,46,47). The van der Waals surface area contributed by atoms with Crippen LogP contribution >= 0.6 is 11.8 Å². The number of likely N-dealkylation sites (tertiary alicyclic amines) is 1. The molecular weight excluding hydrogens is 709 g/mol. The average molecular weight is 741 g/mol. The molecular formula is C33H32N4O10S3. The smallest absolute Gasteiger partial charge is 0.296 e. The topological polar surface area (TPSA) is 234 Å². The number of aromatic hydroxyl groups is 1. The number of nitrogen functional groups attached to an aromatic ring is 1. The van der Waals surface area contributed by atoms with Crippen LogP contribution in [-0.2, 0) is 41.0 Å². The molecule has 2 amide bonds. The summed E-state index contributed by atoms with van der Waals surface area (Å²) in [6.45, 7) is 3.74. The summed E-state index contributed by atoms with van der Waals surface area (Å²) in [6, 6.07) is 13.9. The zero-order valence-corrected chi connectivity index (χ0v) is 29.4. The fraction of sp³-hybridized carbons (Fsp3) is 0.242. The summed E-state index contributed by atoms with van der Waals surface area (Å²) in [5.41, 5.74) is 9.56. The van der Waals surface area contributed by atoms with E-state index in [1.54, 1.807) is 25.3 Å². The van der Waals surface area contributed by atoms with Crippen molar-refractivity contribution in [2.75, 3.05) is 18.5 Å². The fourth-order valence-corrected chi connectivity index (χ4v) is 7.78. The minimum atomic E-state index is -5.05. The van der Waals surface area contributed by atoms with Gasteiger partial charge in [0.1, 0.15) is 21.3 Å². The van der Waals surface area contributed by atoms with Crippen LogP contribution < -0.4 is 5.73 Å². The molecule has 0 spiro atoms. The van der Waals surface area contributed by atoms with Crippen molar-refractivity contribution in [1.82, 2.24) is 4.90 Å². The number of phenolic OH excluding ortho intramolecular Hbond substituents is 1. The number of thioether (sulfide) groups is 1. The molecule has 0 aliphatic carbocycles. The highest BCUT2D eigenvalue weighted by Gasteiger charge is 2.37. The van der Waals surface area contributed by atoms with E-state index in [9.17, 15) is 45.4 Å². The zero-order valence-electron chi connectivity index (χ0n) is 26.9. The average Bonchev–Trinajstić information content (AvgIpc) is 3.31. The van der Waals surface area contributed by atoms with Gasteiger partial charge in [-0.3, -0.25) is 28.4 Å². The lowest BCUT2D eigenvalue weighted by molar-refractivity contribution is -0.138. The molecule has 1 atom stereocenters. The molecule has 1 aliphatic rings. The van der Waals surface area contributed by atoms with Gasteiger partial charge in [0, 0.05) is 31.2 Å². The van der Waals surface area contributed by atoms with E-state index in [1.165, 1.54) is 22.7 Å². The van der Waals surface area contributed by atoms with E-state index < -0.39 is 46.9 Å². The maximum atomic E-state index is 12.7. The van der Waals surface area contributed by atoms with Gasteiger partial charge in [-0.15, -0.1) is 5.11 Å². The summed E-state index contributed by atoms with van der Waals surface area (Å²) in [4.78, 5) is 36.5. The second kappa shape index (κ2) is 13.9. The number of hydrogen-bond acceptors (Lipinski definition) is 12. The zero-order chi connectivity index (χ0) is 36.7. The molecule has 5 rings (SSSR count). The number of azo groups is 1. The van der Waals surface area contributed by atoms with Crippen molar-refractivity contribution in [2.24, 2.45) is 10.2 Å². The van der Waals surface area contributed by atoms with Crippen LogP contribution in [0.5, 0.6) is 5.75 Å². The lowest BCUT2D eigenvalue weighted by atomic mass is 9.95. The molecule has 262 valence electrons. The monoisotopic (exact) mass is 740 g/mol. The van der Waals surface area contributed by atoms with Gasteiger partial charge >= 0.3 is 0 Å². The third-order valence-corrected chi connectivity index (χ3v) is 11.1. The predicted molar refractivity (Wildman–Crippen MR) is 187 cm³/mol. The Kier molecular flexibility index (Phi) is 10.2. The Morgan fingerprint density at radius 1 is 0.900 bits per heavy atom. The molecule has 4 aromatic rings. The van der Waals surface area contributed by atoms with E-state index in [4.69, 9.17) is 5.73 Å². The number of nitrogens with two attached hydrogens (primary N) is 1. The Balaban J connectivity index is 1.34. The van der Waals surface area contributed by atoms with E-state index in [0.717, 1.165) is 28.3 Å². The summed E-state index contributed by atoms with van der Waals surface area (Å²) >= 11 is 1.33. The van der Waals surface area contributed by atoms with Crippen molar-refractivity contribution in [3.8, 4) is 16.9 Å². The van der Waals surface area contributed by atoms with Gasteiger partial charge in [0.15, 0.2) is 5.75 Å². The molecule has 1 aliphatic heterocycles. The quantitative estimate of drug-likeness (QED) is 0.0663. The summed E-state index contributed by atoms with van der Waals surface area (Å²) in [6.07, 6.45) is 2.18. The first-order chi connectivity index (χ1) is 23.4. The summed E-state index contributed by atoms with van der Waals surface area (Å²) in [7, 11) is -10.1. The number of anilines is 1. The molecule has 50 heavy (non-hydrogen) atoms. The number of Topliss-reactive ketones (excluding diaryl/α,β-unsaturated/α-hetero) is 1. The summed E-state index contributed by atoms with van der Waals surface area (Å²) in [5.74, 6) is -1.32. The van der Waals surface area contributed by atoms with Crippen molar-refractivity contribution in [2.45, 2.75) is 48.2 Å². The number of carbonyl (C=O) groups is 3. The van der Waals surface area contributed by atoms with Crippen molar-refractivity contribution >= 4 is 77.4 Å². The normalized spacial score (nSPS) is 15.5. The number of fused-ring (bicyclic) bond motifs is 1. The van der Waals surface area contributed by atoms with Crippen LogP contribution in [0.15, 0.2) is 74.6 Å². The first kappa shape index (κ1) is 36.6. The first-order valence-corrected chi connectivity index (χ1v) is 19.1. The van der Waals surface area contributed by atoms with Crippen LogP contribution in [0.3, 0.4) is 0 Å². The number of imide groups is 1. The number of aryl methyl sites for hydroxylation is 2. The minimum Gasteiger partial charge on any atom is -0.505 e. The van der Waals surface area contributed by atoms with Gasteiger partial charge in [-0.1, -0.05) is 30.3 Å². The van der Waals surface area contributed by atoms with Gasteiger partial charge in [-0.25, -0.2) is 0 Å². The van der Waals surface area contributed by atoms with E-state index >= 15 is 0 Å². The van der Waals surface area contributed by atoms with Crippen LogP contribution in [0.2, 0.25) is 0 Å². The molecule has 1 unspecified atom stereocenters. The van der Waals surface area contributed by atoms with E-state index in [1.807, 2.05) is 31.2 Å². The maximum Gasteiger partial charge on any atom is 0.296 e. The molecule has 1 fully saturated rings. The Labute approximate surface area is 291 Å². The summed E-state index contributed by atoms with van der Waals surface area (Å²) < 4.78 is 66.9. The number of phenols is 1. The number of rotatable bonds is 11. The van der Waals surface area contributed by atoms with Crippen molar-refractivity contribution in [1.29, 1.82) is 0 Å². The molecule has 0 saturated carbocycles. The van der Waals surface area contributed by atoms with E-state index in [0.29, 0.717) is 17.3 Å². The Morgan fingerprint density at radius 3 is 2.08 bits per heavy atom. The van der Waals surface area contributed by atoms with Crippen LogP contribution in [0.4, 0.5) is 17.1 Å². The van der Waals surface area contributed by atoms with Crippen molar-refractivity contribution in [3.05, 3.63) is 71.3 Å². The maximum absolute atomic E-state index is 12.7. The SMILES string of the molecule is CSC1CC(=O)N(CCC(=O)Cc2ccc(-c3ccc(N=Nc4ccc5c(S(=O)(=O)O)cc(S(=O)(=O)O)c(N)c5c4O)c(C)c3)cc2C)C1=O. The number of nitrogens with zero attached hydrogens (tertiary/aromatic N) is 3. The Morgan fingerprint density at radius 2 is 1.50 bits per heavy atom. The lowest BCUT2D eigenvalue weighted by Crippen LogP contribution is -2.33. The van der Waals surface area contributed by atoms with Gasteiger partial charge in [-0.05, 0) is 72.2 Å². The van der Waals surface area contributed by atoms with E-state index in [2.05, 4.69) is 10.2 Å². The third kappa shape index (κ3) is 7.41. The molecule has 5 N–H and O–H groups in total.